The second-order valence-corrected chi connectivity index (χ2v) is 7.77. The van der Waals surface area contributed by atoms with Crippen LogP contribution in [0.25, 0.3) is 0 Å². The third-order valence-corrected chi connectivity index (χ3v) is 5.00. The molecule has 3 N–H and O–H groups in total. The van der Waals surface area contributed by atoms with Crippen LogP contribution in [-0.2, 0) is 16.0 Å². The molecule has 0 bridgehead atoms. The van der Waals surface area contributed by atoms with Crippen LogP contribution in [0.5, 0.6) is 5.75 Å². The number of methoxy groups -OCH3 is 1. The Kier molecular flexibility index (Phi) is 9.57. The molecule has 3 aromatic carbocycles. The number of aryl methyl sites for hydroxylation is 1. The fourth-order valence-electron chi connectivity index (χ4n) is 3.15. The number of nitrogens with one attached hydrogen (secondary N) is 3. The molecule has 0 atom stereocenters. The van der Waals surface area contributed by atoms with Crippen molar-refractivity contribution in [3.63, 3.8) is 0 Å². The summed E-state index contributed by atoms with van der Waals surface area (Å²) in [6.45, 7) is 0.738. The maximum Gasteiger partial charge on any atom is 0.261 e. The fourth-order valence-corrected chi connectivity index (χ4v) is 3.36. The largest absolute Gasteiger partial charge is 0.490 e. The lowest BCUT2D eigenvalue weighted by molar-refractivity contribution is -0.116. The quantitative estimate of drug-likeness (QED) is 0.296. The molecule has 0 fully saturated rings. The lowest BCUT2D eigenvalue weighted by atomic mass is 10.1. The molecular weight excluding hydrogens is 450 g/mol. The molecule has 7 nitrogen and oxygen atoms in total. The minimum absolute atomic E-state index is 0.0815. The zero-order chi connectivity index (χ0) is 24.2. The summed E-state index contributed by atoms with van der Waals surface area (Å²) in [5, 5.41) is 8.65. The van der Waals surface area contributed by atoms with Gasteiger partial charge < -0.3 is 20.1 Å². The van der Waals surface area contributed by atoms with Crippen LogP contribution in [0.15, 0.2) is 78.9 Å². The van der Waals surface area contributed by atoms with E-state index in [0.29, 0.717) is 48.7 Å². The Morgan fingerprint density at radius 3 is 2.32 bits per heavy atom. The van der Waals surface area contributed by atoms with Crippen molar-refractivity contribution in [2.45, 2.75) is 12.8 Å². The van der Waals surface area contributed by atoms with Crippen LogP contribution >= 0.6 is 12.2 Å². The van der Waals surface area contributed by atoms with Gasteiger partial charge in [-0.05, 0) is 54.5 Å². The zero-order valence-corrected chi connectivity index (χ0v) is 19.7. The van der Waals surface area contributed by atoms with Crippen molar-refractivity contribution in [3.05, 3.63) is 90.0 Å². The Labute approximate surface area is 204 Å². The van der Waals surface area contributed by atoms with Crippen molar-refractivity contribution in [1.29, 1.82) is 0 Å². The van der Waals surface area contributed by atoms with E-state index in [1.54, 1.807) is 55.6 Å². The summed E-state index contributed by atoms with van der Waals surface area (Å²) >= 11 is 5.30. The lowest BCUT2D eigenvalue weighted by Crippen LogP contribution is -2.34. The number of carbonyl (C=O) groups excluding carboxylic acids is 2. The SMILES string of the molecule is COCCOc1ccccc1C(=O)NC(=S)Nc1cccc(NC(=O)CCc2ccccc2)c1. The van der Waals surface area contributed by atoms with E-state index in [0.717, 1.165) is 5.56 Å². The number of ether oxygens (including phenoxy) is 2. The van der Waals surface area contributed by atoms with Gasteiger partial charge in [0.05, 0.1) is 12.2 Å². The molecule has 0 aliphatic heterocycles. The normalized spacial score (nSPS) is 10.3. The highest BCUT2D eigenvalue weighted by molar-refractivity contribution is 7.80. The molecule has 34 heavy (non-hydrogen) atoms. The Morgan fingerprint density at radius 2 is 1.56 bits per heavy atom. The fraction of sp³-hybridized carbons (Fsp3) is 0.192. The third kappa shape index (κ3) is 7.99. The number of thiocarbonyl (C=S) groups is 1. The number of anilines is 2. The van der Waals surface area contributed by atoms with Gasteiger partial charge in [-0.1, -0.05) is 48.5 Å². The van der Waals surface area contributed by atoms with Gasteiger partial charge in [-0.3, -0.25) is 14.9 Å². The molecule has 2 amide bonds. The van der Waals surface area contributed by atoms with Crippen molar-refractivity contribution >= 4 is 40.5 Å². The maximum atomic E-state index is 12.7. The molecule has 0 saturated heterocycles. The summed E-state index contributed by atoms with van der Waals surface area (Å²) in [7, 11) is 1.58. The monoisotopic (exact) mass is 477 g/mol. The van der Waals surface area contributed by atoms with Gasteiger partial charge in [-0.2, -0.15) is 0 Å². The van der Waals surface area contributed by atoms with Gasteiger partial charge in [0.25, 0.3) is 5.91 Å². The van der Waals surface area contributed by atoms with Crippen LogP contribution in [0.1, 0.15) is 22.3 Å². The molecule has 0 spiro atoms. The minimum atomic E-state index is -0.393. The second-order valence-electron chi connectivity index (χ2n) is 7.36. The van der Waals surface area contributed by atoms with E-state index in [2.05, 4.69) is 16.0 Å². The molecule has 8 heteroatoms. The van der Waals surface area contributed by atoms with Gasteiger partial charge >= 0.3 is 0 Å². The number of amides is 2. The first-order valence-corrected chi connectivity index (χ1v) is 11.2. The summed E-state index contributed by atoms with van der Waals surface area (Å²) < 4.78 is 10.6. The van der Waals surface area contributed by atoms with Crippen molar-refractivity contribution < 1.29 is 19.1 Å². The highest BCUT2D eigenvalue weighted by Crippen LogP contribution is 2.19. The number of para-hydroxylation sites is 1. The van der Waals surface area contributed by atoms with Crippen molar-refractivity contribution in [1.82, 2.24) is 5.32 Å². The van der Waals surface area contributed by atoms with E-state index in [1.807, 2.05) is 30.3 Å². The number of benzene rings is 3. The van der Waals surface area contributed by atoms with Gasteiger partial charge in [0.2, 0.25) is 5.91 Å². The molecule has 0 saturated carbocycles. The average molecular weight is 478 g/mol. The average Bonchev–Trinajstić information content (AvgIpc) is 2.84. The van der Waals surface area contributed by atoms with E-state index in [1.165, 1.54) is 0 Å². The smallest absolute Gasteiger partial charge is 0.261 e. The molecule has 0 aliphatic rings. The van der Waals surface area contributed by atoms with Crippen LogP contribution in [0.4, 0.5) is 11.4 Å². The number of hydrogen-bond donors (Lipinski definition) is 3. The van der Waals surface area contributed by atoms with E-state index in [9.17, 15) is 9.59 Å². The first-order chi connectivity index (χ1) is 16.5. The van der Waals surface area contributed by atoms with Gasteiger partial charge in [-0.15, -0.1) is 0 Å². The predicted molar refractivity (Wildman–Crippen MR) is 137 cm³/mol. The van der Waals surface area contributed by atoms with Gasteiger partial charge in [0.15, 0.2) is 5.11 Å². The molecule has 0 unspecified atom stereocenters. The first-order valence-electron chi connectivity index (χ1n) is 10.8. The summed E-state index contributed by atoms with van der Waals surface area (Å²) in [5.74, 6) is -0.0297. The number of rotatable bonds is 10. The van der Waals surface area contributed by atoms with Crippen molar-refractivity contribution in [3.8, 4) is 5.75 Å². The Morgan fingerprint density at radius 1 is 0.853 bits per heavy atom. The van der Waals surface area contributed by atoms with Crippen molar-refractivity contribution in [2.24, 2.45) is 0 Å². The number of carbonyl (C=O) groups is 2. The van der Waals surface area contributed by atoms with E-state index >= 15 is 0 Å². The van der Waals surface area contributed by atoms with Crippen molar-refractivity contribution in [2.75, 3.05) is 31.0 Å². The van der Waals surface area contributed by atoms with Crippen LogP contribution in [0, 0.1) is 0 Å². The molecule has 3 rings (SSSR count). The van der Waals surface area contributed by atoms with Gasteiger partial charge in [0.1, 0.15) is 12.4 Å². The van der Waals surface area contributed by atoms with Gasteiger partial charge in [0, 0.05) is 24.9 Å². The molecular formula is C26H27N3O4S. The van der Waals surface area contributed by atoms with E-state index in [-0.39, 0.29) is 11.0 Å². The van der Waals surface area contributed by atoms with E-state index in [4.69, 9.17) is 21.7 Å². The van der Waals surface area contributed by atoms with Crippen LogP contribution in [0.2, 0.25) is 0 Å². The Balaban J connectivity index is 1.53. The molecule has 3 aromatic rings. The minimum Gasteiger partial charge on any atom is -0.490 e. The van der Waals surface area contributed by atoms with Crippen LogP contribution in [-0.4, -0.2) is 37.3 Å². The summed E-state index contributed by atoms with van der Waals surface area (Å²) in [5.41, 5.74) is 2.74. The Bertz CT molecular complexity index is 1120. The summed E-state index contributed by atoms with van der Waals surface area (Å²) in [6, 6.07) is 23.9. The predicted octanol–water partition coefficient (Wildman–Crippen LogP) is 4.41. The summed E-state index contributed by atoms with van der Waals surface area (Å²) in [6.07, 6.45) is 1.04. The highest BCUT2D eigenvalue weighted by atomic mass is 32.1. The third-order valence-electron chi connectivity index (χ3n) is 4.79. The maximum absolute atomic E-state index is 12.7. The highest BCUT2D eigenvalue weighted by Gasteiger charge is 2.14. The summed E-state index contributed by atoms with van der Waals surface area (Å²) in [4.78, 5) is 25.0. The molecule has 0 aliphatic carbocycles. The lowest BCUT2D eigenvalue weighted by Gasteiger charge is -2.13. The molecule has 176 valence electrons. The van der Waals surface area contributed by atoms with Crippen LogP contribution in [0.3, 0.4) is 0 Å². The zero-order valence-electron chi connectivity index (χ0n) is 18.9. The standard InChI is InChI=1S/C26H27N3O4S/c1-32-16-17-33-23-13-6-5-12-22(23)25(31)29-26(34)28-21-11-7-10-20(18-21)27-24(30)15-14-19-8-3-2-4-9-19/h2-13,18H,14-17H2,1H3,(H,27,30)(H2,28,29,31,34). The Hall–Kier alpha value is -3.75. The van der Waals surface area contributed by atoms with Gasteiger partial charge in [-0.25, -0.2) is 0 Å². The van der Waals surface area contributed by atoms with Crippen LogP contribution < -0.4 is 20.7 Å². The molecule has 0 radical (unpaired) electrons. The molecule has 0 aromatic heterocycles. The molecule has 0 heterocycles. The van der Waals surface area contributed by atoms with E-state index < -0.39 is 5.91 Å². The second kappa shape index (κ2) is 13.1. The number of hydrogen-bond acceptors (Lipinski definition) is 5. The topological polar surface area (TPSA) is 88.7 Å². The first kappa shape index (κ1) is 24.9.